The Morgan fingerprint density at radius 1 is 1.29 bits per heavy atom. The van der Waals surface area contributed by atoms with Crippen molar-refractivity contribution in [1.82, 2.24) is 9.97 Å². The SMILES string of the molecule is Cc1cc(C(C)C)nc(NC2CCCCCC2C(=O)O)n1. The summed E-state index contributed by atoms with van der Waals surface area (Å²) in [7, 11) is 0. The summed E-state index contributed by atoms with van der Waals surface area (Å²) in [4.78, 5) is 20.4. The number of aromatic nitrogens is 2. The average Bonchev–Trinajstić information content (AvgIpc) is 2.63. The topological polar surface area (TPSA) is 75.1 Å². The van der Waals surface area contributed by atoms with Gasteiger partial charge in [-0.2, -0.15) is 0 Å². The van der Waals surface area contributed by atoms with Crippen molar-refractivity contribution in [3.05, 3.63) is 17.5 Å². The van der Waals surface area contributed by atoms with Gasteiger partial charge in [0.1, 0.15) is 0 Å². The summed E-state index contributed by atoms with van der Waals surface area (Å²) >= 11 is 0. The van der Waals surface area contributed by atoms with Crippen molar-refractivity contribution in [3.8, 4) is 0 Å². The van der Waals surface area contributed by atoms with E-state index in [1.807, 2.05) is 13.0 Å². The lowest BCUT2D eigenvalue weighted by Crippen LogP contribution is -2.34. The first-order valence-corrected chi connectivity index (χ1v) is 7.82. The number of anilines is 1. The molecular formula is C16H25N3O2. The zero-order valence-corrected chi connectivity index (χ0v) is 13.1. The molecule has 116 valence electrons. The van der Waals surface area contributed by atoms with E-state index in [1.54, 1.807) is 0 Å². The van der Waals surface area contributed by atoms with Gasteiger partial charge in [-0.15, -0.1) is 0 Å². The maximum atomic E-state index is 11.5. The third-order valence-corrected chi connectivity index (χ3v) is 4.11. The first kappa shape index (κ1) is 15.7. The average molecular weight is 291 g/mol. The van der Waals surface area contributed by atoms with Gasteiger partial charge in [0.2, 0.25) is 5.95 Å². The van der Waals surface area contributed by atoms with Crippen molar-refractivity contribution in [2.75, 3.05) is 5.32 Å². The van der Waals surface area contributed by atoms with Crippen LogP contribution in [0.5, 0.6) is 0 Å². The van der Waals surface area contributed by atoms with Crippen molar-refractivity contribution in [3.63, 3.8) is 0 Å². The Morgan fingerprint density at radius 2 is 2.00 bits per heavy atom. The van der Waals surface area contributed by atoms with Crippen LogP contribution in [-0.4, -0.2) is 27.1 Å². The van der Waals surface area contributed by atoms with Crippen molar-refractivity contribution in [2.45, 2.75) is 64.8 Å². The van der Waals surface area contributed by atoms with Crippen molar-refractivity contribution >= 4 is 11.9 Å². The summed E-state index contributed by atoms with van der Waals surface area (Å²) in [6.45, 7) is 6.13. The molecule has 1 aliphatic rings. The van der Waals surface area contributed by atoms with Gasteiger partial charge >= 0.3 is 5.97 Å². The van der Waals surface area contributed by atoms with Gasteiger partial charge in [-0.25, -0.2) is 9.97 Å². The van der Waals surface area contributed by atoms with Crippen LogP contribution >= 0.6 is 0 Å². The molecule has 1 aliphatic carbocycles. The first-order chi connectivity index (χ1) is 9.97. The number of carboxylic acid groups (broad SMARTS) is 1. The highest BCUT2D eigenvalue weighted by molar-refractivity contribution is 5.71. The molecular weight excluding hydrogens is 266 g/mol. The Balaban J connectivity index is 2.20. The number of nitrogens with zero attached hydrogens (tertiary/aromatic N) is 2. The largest absolute Gasteiger partial charge is 0.481 e. The van der Waals surface area contributed by atoms with Gasteiger partial charge in [-0.05, 0) is 31.7 Å². The number of hydrogen-bond acceptors (Lipinski definition) is 4. The van der Waals surface area contributed by atoms with Crippen molar-refractivity contribution in [2.24, 2.45) is 5.92 Å². The summed E-state index contributed by atoms with van der Waals surface area (Å²) in [6, 6.07) is 1.91. The van der Waals surface area contributed by atoms with E-state index in [1.165, 1.54) is 0 Å². The quantitative estimate of drug-likeness (QED) is 0.832. The standard InChI is InChI=1S/C16H25N3O2/c1-10(2)14-9-11(3)17-16(19-14)18-13-8-6-4-5-7-12(13)15(20)21/h9-10,12-13H,4-8H2,1-3H3,(H,20,21)(H,17,18,19). The Morgan fingerprint density at radius 3 is 2.67 bits per heavy atom. The molecule has 5 heteroatoms. The second kappa shape index (κ2) is 6.87. The third kappa shape index (κ3) is 4.16. The highest BCUT2D eigenvalue weighted by Gasteiger charge is 2.30. The van der Waals surface area contributed by atoms with E-state index in [2.05, 4.69) is 29.1 Å². The molecule has 2 atom stereocenters. The zero-order chi connectivity index (χ0) is 15.4. The summed E-state index contributed by atoms with van der Waals surface area (Å²) in [5, 5.41) is 12.7. The van der Waals surface area contributed by atoms with E-state index < -0.39 is 5.97 Å². The van der Waals surface area contributed by atoms with Crippen LogP contribution in [0.25, 0.3) is 0 Å². The molecule has 2 rings (SSSR count). The molecule has 0 bridgehead atoms. The van der Waals surface area contributed by atoms with Gasteiger partial charge in [-0.1, -0.05) is 33.1 Å². The Bertz CT molecular complexity index is 502. The van der Waals surface area contributed by atoms with Crippen LogP contribution in [0, 0.1) is 12.8 Å². The molecule has 0 spiro atoms. The van der Waals surface area contributed by atoms with Crippen LogP contribution in [0.2, 0.25) is 0 Å². The minimum absolute atomic E-state index is 0.0770. The lowest BCUT2D eigenvalue weighted by Gasteiger charge is -2.23. The highest BCUT2D eigenvalue weighted by Crippen LogP contribution is 2.26. The molecule has 1 fully saturated rings. The van der Waals surface area contributed by atoms with E-state index in [0.717, 1.165) is 43.5 Å². The van der Waals surface area contributed by atoms with Gasteiger partial charge in [-0.3, -0.25) is 4.79 Å². The fraction of sp³-hybridized carbons (Fsp3) is 0.688. The summed E-state index contributed by atoms with van der Waals surface area (Å²) in [5.41, 5.74) is 1.90. The molecule has 0 radical (unpaired) electrons. The molecule has 21 heavy (non-hydrogen) atoms. The minimum Gasteiger partial charge on any atom is -0.481 e. The molecule has 1 aromatic rings. The van der Waals surface area contributed by atoms with Crippen LogP contribution in [0.4, 0.5) is 5.95 Å². The zero-order valence-electron chi connectivity index (χ0n) is 13.1. The van der Waals surface area contributed by atoms with Crippen LogP contribution in [0.1, 0.15) is 63.3 Å². The third-order valence-electron chi connectivity index (χ3n) is 4.11. The number of aryl methyl sites for hydroxylation is 1. The number of nitrogens with one attached hydrogen (secondary N) is 1. The van der Waals surface area contributed by atoms with E-state index in [0.29, 0.717) is 11.9 Å². The minimum atomic E-state index is -0.717. The van der Waals surface area contributed by atoms with Crippen molar-refractivity contribution < 1.29 is 9.90 Å². The maximum absolute atomic E-state index is 11.5. The molecule has 2 N–H and O–H groups in total. The van der Waals surface area contributed by atoms with E-state index >= 15 is 0 Å². The van der Waals surface area contributed by atoms with Gasteiger partial charge in [0.15, 0.2) is 0 Å². The number of carbonyl (C=O) groups is 1. The van der Waals surface area contributed by atoms with E-state index in [9.17, 15) is 9.90 Å². The predicted molar refractivity (Wildman–Crippen MR) is 82.5 cm³/mol. The Labute approximate surface area is 126 Å². The number of carboxylic acids is 1. The Kier molecular flexibility index (Phi) is 5.15. The number of aliphatic carboxylic acids is 1. The monoisotopic (exact) mass is 291 g/mol. The maximum Gasteiger partial charge on any atom is 0.308 e. The van der Waals surface area contributed by atoms with Crippen LogP contribution in [0.15, 0.2) is 6.07 Å². The highest BCUT2D eigenvalue weighted by atomic mass is 16.4. The summed E-state index contributed by atoms with van der Waals surface area (Å²) in [6.07, 6.45) is 4.75. The molecule has 1 aromatic heterocycles. The molecule has 0 saturated heterocycles. The molecule has 1 saturated carbocycles. The molecule has 2 unspecified atom stereocenters. The fourth-order valence-corrected chi connectivity index (χ4v) is 2.90. The Hall–Kier alpha value is -1.65. The molecule has 0 amide bonds. The molecule has 5 nitrogen and oxygen atoms in total. The van der Waals surface area contributed by atoms with Crippen LogP contribution in [0.3, 0.4) is 0 Å². The fourth-order valence-electron chi connectivity index (χ4n) is 2.90. The molecule has 0 aliphatic heterocycles. The normalized spacial score (nSPS) is 22.9. The van der Waals surface area contributed by atoms with E-state index in [-0.39, 0.29) is 12.0 Å². The van der Waals surface area contributed by atoms with Crippen molar-refractivity contribution in [1.29, 1.82) is 0 Å². The number of hydrogen-bond donors (Lipinski definition) is 2. The lowest BCUT2D eigenvalue weighted by molar-refractivity contribution is -0.142. The summed E-state index contributed by atoms with van der Waals surface area (Å²) in [5.74, 6) is -0.168. The second-order valence-electron chi connectivity index (χ2n) is 6.25. The smallest absolute Gasteiger partial charge is 0.308 e. The van der Waals surface area contributed by atoms with Gasteiger partial charge in [0.05, 0.1) is 5.92 Å². The number of rotatable bonds is 4. The van der Waals surface area contributed by atoms with Gasteiger partial charge < -0.3 is 10.4 Å². The predicted octanol–water partition coefficient (Wildman–Crippen LogP) is 3.35. The molecule has 0 aromatic carbocycles. The van der Waals surface area contributed by atoms with Crippen LogP contribution < -0.4 is 5.32 Å². The molecule has 1 heterocycles. The van der Waals surface area contributed by atoms with Gasteiger partial charge in [0, 0.05) is 17.4 Å². The summed E-state index contributed by atoms with van der Waals surface area (Å²) < 4.78 is 0. The van der Waals surface area contributed by atoms with Gasteiger partial charge in [0.25, 0.3) is 0 Å². The first-order valence-electron chi connectivity index (χ1n) is 7.82. The lowest BCUT2D eigenvalue weighted by atomic mass is 9.95. The van der Waals surface area contributed by atoms with E-state index in [4.69, 9.17) is 0 Å². The second-order valence-corrected chi connectivity index (χ2v) is 6.25. The van der Waals surface area contributed by atoms with Crippen LogP contribution in [-0.2, 0) is 4.79 Å².